The molecule has 0 atom stereocenters. The molecule has 1 fully saturated rings. The Labute approximate surface area is 128 Å². The third-order valence-corrected chi connectivity index (χ3v) is 4.62. The molecule has 4 nitrogen and oxygen atoms in total. The lowest BCUT2D eigenvalue weighted by atomic mass is 9.86. The van der Waals surface area contributed by atoms with Gasteiger partial charge in [0.25, 0.3) is 0 Å². The Morgan fingerprint density at radius 1 is 0.952 bits per heavy atom. The van der Waals surface area contributed by atoms with Crippen LogP contribution in [0, 0.1) is 0 Å². The molecule has 0 aliphatic heterocycles. The van der Waals surface area contributed by atoms with E-state index in [9.17, 15) is 0 Å². The van der Waals surface area contributed by atoms with E-state index in [4.69, 9.17) is 10.3 Å². The van der Waals surface area contributed by atoms with Crippen LogP contribution in [0.1, 0.15) is 95.7 Å². The van der Waals surface area contributed by atoms with Crippen LogP contribution in [0.5, 0.6) is 0 Å². The first-order valence-corrected chi connectivity index (χ1v) is 8.86. The first-order chi connectivity index (χ1) is 10.2. The van der Waals surface area contributed by atoms with Crippen LogP contribution in [0.25, 0.3) is 0 Å². The summed E-state index contributed by atoms with van der Waals surface area (Å²) in [5, 5.41) is 4.19. The average molecular weight is 293 g/mol. The van der Waals surface area contributed by atoms with E-state index < -0.39 is 0 Å². The van der Waals surface area contributed by atoms with E-state index in [1.165, 1.54) is 57.8 Å². The fourth-order valence-corrected chi connectivity index (χ4v) is 3.24. The van der Waals surface area contributed by atoms with E-state index in [1.54, 1.807) is 0 Å². The van der Waals surface area contributed by atoms with Crippen molar-refractivity contribution in [2.24, 2.45) is 5.73 Å². The molecule has 1 saturated carbocycles. The Morgan fingerprint density at radius 2 is 1.48 bits per heavy atom. The summed E-state index contributed by atoms with van der Waals surface area (Å²) < 4.78 is 5.36. The van der Waals surface area contributed by atoms with Crippen LogP contribution in [-0.2, 0) is 12.0 Å². The van der Waals surface area contributed by atoms with Gasteiger partial charge in [0.15, 0.2) is 5.82 Å². The zero-order valence-electron chi connectivity index (χ0n) is 13.6. The van der Waals surface area contributed by atoms with Gasteiger partial charge in [-0.3, -0.25) is 0 Å². The lowest BCUT2D eigenvalue weighted by molar-refractivity contribution is 0.300. The van der Waals surface area contributed by atoms with Crippen molar-refractivity contribution in [1.82, 2.24) is 10.1 Å². The van der Waals surface area contributed by atoms with Gasteiger partial charge in [-0.05, 0) is 19.3 Å². The molecular formula is C17H31N3O. The van der Waals surface area contributed by atoms with Crippen LogP contribution in [0.15, 0.2) is 4.52 Å². The molecule has 1 aliphatic rings. The van der Waals surface area contributed by atoms with Gasteiger partial charge in [-0.1, -0.05) is 69.9 Å². The number of rotatable bonds is 3. The summed E-state index contributed by atoms with van der Waals surface area (Å²) in [4.78, 5) is 4.56. The molecule has 0 radical (unpaired) electrons. The highest BCUT2D eigenvalue weighted by molar-refractivity contribution is 5.04. The van der Waals surface area contributed by atoms with Gasteiger partial charge in [0.05, 0.1) is 5.54 Å². The van der Waals surface area contributed by atoms with Crippen LogP contribution in [0.3, 0.4) is 0 Å². The standard InChI is InChI=1S/C17H31N3O/c1-2-12-15-19-16(20-21-15)17(18)13-10-8-6-4-3-5-7-9-11-14-17/h2-14,18H2,1H3. The summed E-state index contributed by atoms with van der Waals surface area (Å²) >= 11 is 0. The van der Waals surface area contributed by atoms with Crippen molar-refractivity contribution in [1.29, 1.82) is 0 Å². The molecule has 0 unspecified atom stereocenters. The molecule has 0 spiro atoms. The molecule has 120 valence electrons. The maximum atomic E-state index is 6.68. The predicted molar refractivity (Wildman–Crippen MR) is 84.9 cm³/mol. The fraction of sp³-hybridized carbons (Fsp3) is 0.882. The summed E-state index contributed by atoms with van der Waals surface area (Å²) in [5.41, 5.74) is 6.30. The van der Waals surface area contributed by atoms with Crippen molar-refractivity contribution in [3.05, 3.63) is 11.7 Å². The second-order valence-corrected chi connectivity index (χ2v) is 6.60. The van der Waals surface area contributed by atoms with Gasteiger partial charge in [-0.15, -0.1) is 0 Å². The number of nitrogens with zero attached hydrogens (tertiary/aromatic N) is 2. The Bertz CT molecular complexity index is 390. The molecule has 1 aromatic heterocycles. The minimum atomic E-state index is -0.380. The van der Waals surface area contributed by atoms with Crippen molar-refractivity contribution < 1.29 is 4.52 Å². The summed E-state index contributed by atoms with van der Waals surface area (Å²) in [6, 6.07) is 0. The summed E-state index contributed by atoms with van der Waals surface area (Å²) in [6.45, 7) is 2.12. The molecule has 0 bridgehead atoms. The zero-order chi connectivity index (χ0) is 15.0. The Hall–Kier alpha value is -0.900. The maximum absolute atomic E-state index is 6.68. The van der Waals surface area contributed by atoms with Crippen LogP contribution >= 0.6 is 0 Å². The smallest absolute Gasteiger partial charge is 0.226 e. The lowest BCUT2D eigenvalue weighted by Gasteiger charge is -2.26. The number of nitrogens with two attached hydrogens (primary N) is 1. The maximum Gasteiger partial charge on any atom is 0.226 e. The number of aromatic nitrogens is 2. The number of hydrogen-bond donors (Lipinski definition) is 1. The molecule has 1 aromatic rings. The highest BCUT2D eigenvalue weighted by Gasteiger charge is 2.31. The van der Waals surface area contributed by atoms with E-state index >= 15 is 0 Å². The highest BCUT2D eigenvalue weighted by Crippen LogP contribution is 2.30. The van der Waals surface area contributed by atoms with Gasteiger partial charge in [0, 0.05) is 6.42 Å². The molecule has 0 saturated heterocycles. The quantitative estimate of drug-likeness (QED) is 0.892. The second kappa shape index (κ2) is 8.52. The fourth-order valence-electron chi connectivity index (χ4n) is 3.24. The van der Waals surface area contributed by atoms with E-state index in [0.717, 1.165) is 37.4 Å². The Kier molecular flexibility index (Phi) is 6.68. The van der Waals surface area contributed by atoms with Gasteiger partial charge in [0.1, 0.15) is 0 Å². The van der Waals surface area contributed by atoms with Gasteiger partial charge in [-0.25, -0.2) is 0 Å². The van der Waals surface area contributed by atoms with E-state index in [2.05, 4.69) is 17.1 Å². The molecule has 4 heteroatoms. The SMILES string of the molecule is CCCc1nc(C2(N)CCCCCCCCCCC2)no1. The van der Waals surface area contributed by atoms with Crippen LogP contribution in [0.4, 0.5) is 0 Å². The minimum Gasteiger partial charge on any atom is -0.339 e. The van der Waals surface area contributed by atoms with Crippen molar-refractivity contribution >= 4 is 0 Å². The normalized spacial score (nSPS) is 21.4. The van der Waals surface area contributed by atoms with Gasteiger partial charge in [-0.2, -0.15) is 4.98 Å². The molecular weight excluding hydrogens is 262 g/mol. The van der Waals surface area contributed by atoms with Crippen molar-refractivity contribution in [2.75, 3.05) is 0 Å². The van der Waals surface area contributed by atoms with E-state index in [0.29, 0.717) is 0 Å². The molecule has 2 rings (SSSR count). The van der Waals surface area contributed by atoms with Gasteiger partial charge >= 0.3 is 0 Å². The average Bonchev–Trinajstić information content (AvgIpc) is 2.93. The van der Waals surface area contributed by atoms with Crippen LogP contribution in [-0.4, -0.2) is 10.1 Å². The van der Waals surface area contributed by atoms with E-state index in [-0.39, 0.29) is 5.54 Å². The van der Waals surface area contributed by atoms with Crippen molar-refractivity contribution in [2.45, 2.75) is 95.9 Å². The lowest BCUT2D eigenvalue weighted by Crippen LogP contribution is -2.38. The molecule has 0 aromatic carbocycles. The summed E-state index contributed by atoms with van der Waals surface area (Å²) in [6.07, 6.45) is 15.6. The van der Waals surface area contributed by atoms with Crippen LogP contribution < -0.4 is 5.73 Å². The molecule has 1 heterocycles. The van der Waals surface area contributed by atoms with Crippen molar-refractivity contribution in [3.63, 3.8) is 0 Å². The summed E-state index contributed by atoms with van der Waals surface area (Å²) in [7, 11) is 0. The van der Waals surface area contributed by atoms with Gasteiger partial charge in [0.2, 0.25) is 5.89 Å². The minimum absolute atomic E-state index is 0.380. The largest absolute Gasteiger partial charge is 0.339 e. The topological polar surface area (TPSA) is 64.9 Å². The molecule has 2 N–H and O–H groups in total. The zero-order valence-corrected chi connectivity index (χ0v) is 13.6. The Morgan fingerprint density at radius 3 is 2.00 bits per heavy atom. The van der Waals surface area contributed by atoms with E-state index in [1.807, 2.05) is 0 Å². The van der Waals surface area contributed by atoms with Crippen LogP contribution in [0.2, 0.25) is 0 Å². The third-order valence-electron chi connectivity index (χ3n) is 4.62. The monoisotopic (exact) mass is 293 g/mol. The predicted octanol–water partition coefficient (Wildman–Crippen LogP) is 4.48. The second-order valence-electron chi connectivity index (χ2n) is 6.60. The number of aryl methyl sites for hydroxylation is 1. The third kappa shape index (κ3) is 5.10. The molecule has 21 heavy (non-hydrogen) atoms. The first kappa shape index (κ1) is 16.5. The number of hydrogen-bond acceptors (Lipinski definition) is 4. The first-order valence-electron chi connectivity index (χ1n) is 8.86. The highest BCUT2D eigenvalue weighted by atomic mass is 16.5. The molecule has 0 amide bonds. The summed E-state index contributed by atoms with van der Waals surface area (Å²) in [5.74, 6) is 1.48. The molecule has 1 aliphatic carbocycles. The Balaban J connectivity index is 2.01. The van der Waals surface area contributed by atoms with Gasteiger partial charge < -0.3 is 10.3 Å². The van der Waals surface area contributed by atoms with Crippen molar-refractivity contribution in [3.8, 4) is 0 Å².